The number of hydrogen-bond acceptors (Lipinski definition) is 1. The van der Waals surface area contributed by atoms with Crippen LogP contribution in [0.5, 0.6) is 0 Å². The molecule has 2 rings (SSSR count). The highest BCUT2D eigenvalue weighted by molar-refractivity contribution is 5.57. The largest absolute Gasteiger partial charge is 0.380 e. The van der Waals surface area contributed by atoms with E-state index in [1.54, 1.807) is 6.07 Å². The third-order valence-corrected chi connectivity index (χ3v) is 2.02. The number of para-hydroxylation sites is 1. The fourth-order valence-electron chi connectivity index (χ4n) is 1.53. The summed E-state index contributed by atoms with van der Waals surface area (Å²) in [6, 6.07) is 5.59. The number of anilines is 1. The molecular formula is C9H10FN. The molecule has 1 aliphatic heterocycles. The van der Waals surface area contributed by atoms with E-state index in [0.717, 1.165) is 12.0 Å². The van der Waals surface area contributed by atoms with Gasteiger partial charge in [0.15, 0.2) is 0 Å². The Morgan fingerprint density at radius 3 is 3.09 bits per heavy atom. The topological polar surface area (TPSA) is 12.0 Å². The molecule has 0 aliphatic carbocycles. The summed E-state index contributed by atoms with van der Waals surface area (Å²) >= 11 is 0. The first-order chi connectivity index (χ1) is 5.27. The summed E-state index contributed by atoms with van der Waals surface area (Å²) in [5, 5.41) is 3.09. The van der Waals surface area contributed by atoms with E-state index in [9.17, 15) is 4.39 Å². The van der Waals surface area contributed by atoms with Crippen molar-refractivity contribution in [2.75, 3.05) is 5.32 Å². The van der Waals surface area contributed by atoms with E-state index in [4.69, 9.17) is 0 Å². The molecule has 1 unspecified atom stereocenters. The van der Waals surface area contributed by atoms with Crippen LogP contribution < -0.4 is 5.32 Å². The van der Waals surface area contributed by atoms with Crippen molar-refractivity contribution in [1.29, 1.82) is 0 Å². The Bertz CT molecular complexity index is 283. The van der Waals surface area contributed by atoms with Crippen molar-refractivity contribution in [3.63, 3.8) is 0 Å². The molecule has 0 spiro atoms. The Morgan fingerprint density at radius 2 is 2.36 bits per heavy atom. The molecule has 58 valence electrons. The number of hydrogen-bond donors (Lipinski definition) is 1. The van der Waals surface area contributed by atoms with Crippen LogP contribution in [0.2, 0.25) is 0 Å². The number of fused-ring (bicyclic) bond motifs is 1. The number of halogens is 1. The highest BCUT2D eigenvalue weighted by atomic mass is 19.1. The van der Waals surface area contributed by atoms with Gasteiger partial charge < -0.3 is 5.32 Å². The van der Waals surface area contributed by atoms with Gasteiger partial charge in [-0.3, -0.25) is 0 Å². The highest BCUT2D eigenvalue weighted by Crippen LogP contribution is 2.27. The summed E-state index contributed by atoms with van der Waals surface area (Å²) in [6.45, 7) is 2.06. The molecule has 0 fully saturated rings. The molecule has 1 heterocycles. The van der Waals surface area contributed by atoms with Crippen molar-refractivity contribution < 1.29 is 4.39 Å². The molecule has 1 N–H and O–H groups in total. The minimum Gasteiger partial charge on any atom is -0.380 e. The second-order valence-corrected chi connectivity index (χ2v) is 3.02. The molecule has 1 nitrogen and oxygen atoms in total. The van der Waals surface area contributed by atoms with E-state index in [0.29, 0.717) is 11.7 Å². The Labute approximate surface area is 65.2 Å². The van der Waals surface area contributed by atoms with Crippen LogP contribution >= 0.6 is 0 Å². The maximum Gasteiger partial charge on any atom is 0.146 e. The monoisotopic (exact) mass is 151 g/mol. The molecule has 2 heteroatoms. The normalized spacial score (nSPS) is 21.1. The summed E-state index contributed by atoms with van der Waals surface area (Å²) in [6.07, 6.45) is 0.938. The molecule has 1 aromatic rings. The minimum atomic E-state index is -0.133. The van der Waals surface area contributed by atoms with Crippen LogP contribution in [0.15, 0.2) is 18.2 Å². The maximum absolute atomic E-state index is 13.0. The Balaban J connectivity index is 2.49. The van der Waals surface area contributed by atoms with E-state index in [-0.39, 0.29) is 5.82 Å². The van der Waals surface area contributed by atoms with Crippen molar-refractivity contribution in [2.45, 2.75) is 19.4 Å². The van der Waals surface area contributed by atoms with E-state index in [1.165, 1.54) is 6.07 Å². The lowest BCUT2D eigenvalue weighted by atomic mass is 10.1. The standard InChI is InChI=1S/C9H10FN/c1-6-5-7-3-2-4-8(10)9(7)11-6/h2-4,6,11H,5H2,1H3. The van der Waals surface area contributed by atoms with Gasteiger partial charge in [0.2, 0.25) is 0 Å². The fourth-order valence-corrected chi connectivity index (χ4v) is 1.53. The van der Waals surface area contributed by atoms with Gasteiger partial charge in [-0.25, -0.2) is 4.39 Å². The van der Waals surface area contributed by atoms with Gasteiger partial charge in [-0.05, 0) is 25.0 Å². The average Bonchev–Trinajstić information content (AvgIpc) is 2.31. The molecule has 0 saturated heterocycles. The zero-order valence-electron chi connectivity index (χ0n) is 6.39. The second kappa shape index (κ2) is 2.22. The number of benzene rings is 1. The third-order valence-electron chi connectivity index (χ3n) is 2.02. The van der Waals surface area contributed by atoms with Crippen molar-refractivity contribution >= 4 is 5.69 Å². The van der Waals surface area contributed by atoms with Gasteiger partial charge in [0.1, 0.15) is 5.82 Å². The van der Waals surface area contributed by atoms with Crippen LogP contribution in [-0.4, -0.2) is 6.04 Å². The third kappa shape index (κ3) is 0.985. The Hall–Kier alpha value is -1.05. The molecule has 11 heavy (non-hydrogen) atoms. The minimum absolute atomic E-state index is 0.133. The second-order valence-electron chi connectivity index (χ2n) is 3.02. The molecule has 0 amide bonds. The van der Waals surface area contributed by atoms with Crippen LogP contribution in [0.4, 0.5) is 10.1 Å². The molecular weight excluding hydrogens is 141 g/mol. The maximum atomic E-state index is 13.0. The van der Waals surface area contributed by atoms with Crippen molar-refractivity contribution in [3.05, 3.63) is 29.6 Å². The average molecular weight is 151 g/mol. The van der Waals surface area contributed by atoms with Gasteiger partial charge in [-0.15, -0.1) is 0 Å². The molecule has 0 saturated carbocycles. The van der Waals surface area contributed by atoms with Crippen molar-refractivity contribution in [2.24, 2.45) is 0 Å². The van der Waals surface area contributed by atoms with Gasteiger partial charge in [-0.2, -0.15) is 0 Å². The Kier molecular flexibility index (Phi) is 1.34. The van der Waals surface area contributed by atoms with Crippen LogP contribution in [0, 0.1) is 5.82 Å². The predicted molar refractivity (Wildman–Crippen MR) is 43.2 cm³/mol. The van der Waals surface area contributed by atoms with E-state index in [1.807, 2.05) is 6.07 Å². The lowest BCUT2D eigenvalue weighted by Crippen LogP contribution is -2.08. The summed E-state index contributed by atoms with van der Waals surface area (Å²) in [5.41, 5.74) is 1.79. The fraction of sp³-hybridized carbons (Fsp3) is 0.333. The molecule has 0 radical (unpaired) electrons. The van der Waals surface area contributed by atoms with Crippen molar-refractivity contribution in [3.8, 4) is 0 Å². The summed E-state index contributed by atoms with van der Waals surface area (Å²) in [5.74, 6) is -0.133. The summed E-state index contributed by atoms with van der Waals surface area (Å²) < 4.78 is 13.0. The van der Waals surface area contributed by atoms with Gasteiger partial charge in [0, 0.05) is 6.04 Å². The van der Waals surface area contributed by atoms with Crippen LogP contribution in [0.25, 0.3) is 0 Å². The first-order valence-corrected chi connectivity index (χ1v) is 3.81. The first-order valence-electron chi connectivity index (χ1n) is 3.81. The summed E-state index contributed by atoms with van der Waals surface area (Å²) in [7, 11) is 0. The first kappa shape index (κ1) is 6.65. The smallest absolute Gasteiger partial charge is 0.146 e. The van der Waals surface area contributed by atoms with Crippen LogP contribution in [-0.2, 0) is 6.42 Å². The molecule has 1 aromatic carbocycles. The lowest BCUT2D eigenvalue weighted by Gasteiger charge is -2.02. The zero-order valence-corrected chi connectivity index (χ0v) is 6.39. The van der Waals surface area contributed by atoms with E-state index in [2.05, 4.69) is 12.2 Å². The molecule has 1 atom stereocenters. The van der Waals surface area contributed by atoms with E-state index >= 15 is 0 Å². The lowest BCUT2D eigenvalue weighted by molar-refractivity contribution is 0.631. The summed E-state index contributed by atoms with van der Waals surface area (Å²) in [4.78, 5) is 0. The predicted octanol–water partition coefficient (Wildman–Crippen LogP) is 2.18. The van der Waals surface area contributed by atoms with Gasteiger partial charge in [0.25, 0.3) is 0 Å². The number of rotatable bonds is 0. The van der Waals surface area contributed by atoms with Gasteiger partial charge in [0.05, 0.1) is 5.69 Å². The molecule has 0 aromatic heterocycles. The number of nitrogens with one attached hydrogen (secondary N) is 1. The molecule has 1 aliphatic rings. The van der Waals surface area contributed by atoms with E-state index < -0.39 is 0 Å². The van der Waals surface area contributed by atoms with Crippen molar-refractivity contribution in [1.82, 2.24) is 0 Å². The molecule has 0 bridgehead atoms. The quantitative estimate of drug-likeness (QED) is 0.599. The van der Waals surface area contributed by atoms with Gasteiger partial charge >= 0.3 is 0 Å². The van der Waals surface area contributed by atoms with Crippen LogP contribution in [0.1, 0.15) is 12.5 Å². The Morgan fingerprint density at radius 1 is 1.55 bits per heavy atom. The zero-order chi connectivity index (χ0) is 7.84. The van der Waals surface area contributed by atoms with Crippen LogP contribution in [0.3, 0.4) is 0 Å². The van der Waals surface area contributed by atoms with Gasteiger partial charge in [-0.1, -0.05) is 12.1 Å². The highest BCUT2D eigenvalue weighted by Gasteiger charge is 2.18. The SMILES string of the molecule is CC1Cc2cccc(F)c2N1.